The first-order valence-electron chi connectivity index (χ1n) is 6.57. The van der Waals surface area contributed by atoms with Crippen LogP contribution in [0.25, 0.3) is 0 Å². The van der Waals surface area contributed by atoms with E-state index in [1.165, 1.54) is 11.1 Å². The summed E-state index contributed by atoms with van der Waals surface area (Å²) >= 11 is 3.48. The molecule has 1 rings (SSSR count). The third kappa shape index (κ3) is 4.38. The maximum absolute atomic E-state index is 9.95. The third-order valence-electron chi connectivity index (χ3n) is 3.37. The lowest BCUT2D eigenvalue weighted by Crippen LogP contribution is -2.27. The van der Waals surface area contributed by atoms with Gasteiger partial charge in [0.25, 0.3) is 0 Å². The summed E-state index contributed by atoms with van der Waals surface area (Å²) in [6.45, 7) is 6.16. The molecule has 2 nitrogen and oxygen atoms in total. The van der Waals surface area contributed by atoms with Gasteiger partial charge in [-0.2, -0.15) is 0 Å². The van der Waals surface area contributed by atoms with E-state index in [1.807, 2.05) is 13.0 Å². The minimum Gasteiger partial charge on any atom is -0.390 e. The van der Waals surface area contributed by atoms with Crippen molar-refractivity contribution in [3.05, 3.63) is 33.8 Å². The minimum absolute atomic E-state index is 0.248. The Hall–Kier alpha value is -0.380. The quantitative estimate of drug-likeness (QED) is 0.839. The van der Waals surface area contributed by atoms with E-state index < -0.39 is 12.2 Å². The Labute approximate surface area is 118 Å². The van der Waals surface area contributed by atoms with E-state index in [2.05, 4.69) is 41.9 Å². The minimum atomic E-state index is -0.635. The number of aryl methyl sites for hydroxylation is 1. The van der Waals surface area contributed by atoms with Gasteiger partial charge in [-0.1, -0.05) is 48.3 Å². The molecule has 3 atom stereocenters. The number of aliphatic hydroxyl groups excluding tert-OH is 2. The third-order valence-corrected chi connectivity index (χ3v) is 4.26. The predicted molar refractivity (Wildman–Crippen MR) is 78.8 cm³/mol. The lowest BCUT2D eigenvalue weighted by atomic mass is 9.91. The van der Waals surface area contributed by atoms with E-state index in [-0.39, 0.29) is 5.92 Å². The summed E-state index contributed by atoms with van der Waals surface area (Å²) in [4.78, 5) is 0. The second kappa shape index (κ2) is 7.27. The van der Waals surface area contributed by atoms with Gasteiger partial charge in [0, 0.05) is 4.47 Å². The Kier molecular flexibility index (Phi) is 6.33. The van der Waals surface area contributed by atoms with E-state index in [9.17, 15) is 10.2 Å². The van der Waals surface area contributed by atoms with Crippen LogP contribution in [0, 0.1) is 6.92 Å². The topological polar surface area (TPSA) is 40.5 Å². The van der Waals surface area contributed by atoms with Crippen LogP contribution in [0.2, 0.25) is 0 Å². The van der Waals surface area contributed by atoms with Crippen LogP contribution in [0.4, 0.5) is 0 Å². The van der Waals surface area contributed by atoms with Gasteiger partial charge in [-0.05, 0) is 42.9 Å². The van der Waals surface area contributed by atoms with Crippen LogP contribution in [0.3, 0.4) is 0 Å². The Morgan fingerprint density at radius 2 is 1.89 bits per heavy atom. The van der Waals surface area contributed by atoms with Gasteiger partial charge >= 0.3 is 0 Å². The fraction of sp³-hybridized carbons (Fsp3) is 0.600. The second-order valence-electron chi connectivity index (χ2n) is 5.07. The highest BCUT2D eigenvalue weighted by atomic mass is 79.9. The molecular formula is C15H23BrO2. The first-order chi connectivity index (χ1) is 8.45. The molecule has 0 aromatic heterocycles. The average Bonchev–Trinajstić information content (AvgIpc) is 2.32. The molecule has 3 heteroatoms. The molecule has 1 aromatic rings. The van der Waals surface area contributed by atoms with Crippen LogP contribution in [-0.4, -0.2) is 22.4 Å². The molecule has 3 unspecified atom stereocenters. The van der Waals surface area contributed by atoms with E-state index in [0.29, 0.717) is 12.8 Å². The molecular weight excluding hydrogens is 292 g/mol. The van der Waals surface area contributed by atoms with Crippen molar-refractivity contribution in [3.63, 3.8) is 0 Å². The zero-order valence-corrected chi connectivity index (χ0v) is 12.9. The summed E-state index contributed by atoms with van der Waals surface area (Å²) in [5, 5.41) is 19.7. The molecule has 0 fully saturated rings. The van der Waals surface area contributed by atoms with Crippen molar-refractivity contribution in [3.8, 4) is 0 Å². The van der Waals surface area contributed by atoms with Crippen LogP contribution in [0.5, 0.6) is 0 Å². The molecule has 0 saturated carbocycles. The SMILES string of the molecule is CCCC(O)C(O)CC(C)c1ccc(Br)c(C)c1. The van der Waals surface area contributed by atoms with Gasteiger partial charge in [0.05, 0.1) is 12.2 Å². The second-order valence-corrected chi connectivity index (χ2v) is 5.92. The summed E-state index contributed by atoms with van der Waals surface area (Å²) in [6, 6.07) is 6.24. The molecule has 0 aliphatic heterocycles. The van der Waals surface area contributed by atoms with Crippen LogP contribution in [0.15, 0.2) is 22.7 Å². The molecule has 102 valence electrons. The maximum atomic E-state index is 9.95. The summed E-state index contributed by atoms with van der Waals surface area (Å²) < 4.78 is 1.10. The predicted octanol–water partition coefficient (Wildman–Crippen LogP) is 3.77. The van der Waals surface area contributed by atoms with Crippen molar-refractivity contribution in [2.75, 3.05) is 0 Å². The standard InChI is InChI=1S/C15H23BrO2/c1-4-5-14(17)15(18)9-10(2)12-6-7-13(16)11(3)8-12/h6-8,10,14-15,17-18H,4-5,9H2,1-3H3. The van der Waals surface area contributed by atoms with Crippen molar-refractivity contribution in [2.24, 2.45) is 0 Å². The van der Waals surface area contributed by atoms with E-state index in [0.717, 1.165) is 10.9 Å². The highest BCUT2D eigenvalue weighted by Crippen LogP contribution is 2.26. The molecule has 0 aliphatic carbocycles. The molecule has 0 bridgehead atoms. The Morgan fingerprint density at radius 1 is 1.22 bits per heavy atom. The molecule has 0 radical (unpaired) electrons. The fourth-order valence-corrected chi connectivity index (χ4v) is 2.36. The number of benzene rings is 1. The van der Waals surface area contributed by atoms with Gasteiger partial charge in [0.1, 0.15) is 0 Å². The van der Waals surface area contributed by atoms with Crippen LogP contribution < -0.4 is 0 Å². The molecule has 0 aliphatic rings. The average molecular weight is 315 g/mol. The van der Waals surface area contributed by atoms with Crippen LogP contribution >= 0.6 is 15.9 Å². The van der Waals surface area contributed by atoms with Gasteiger partial charge < -0.3 is 10.2 Å². The first kappa shape index (κ1) is 15.7. The van der Waals surface area contributed by atoms with E-state index in [4.69, 9.17) is 0 Å². The van der Waals surface area contributed by atoms with Gasteiger partial charge in [-0.15, -0.1) is 0 Å². The van der Waals surface area contributed by atoms with Crippen molar-refractivity contribution >= 4 is 15.9 Å². The molecule has 0 amide bonds. The highest BCUT2D eigenvalue weighted by Gasteiger charge is 2.19. The number of halogens is 1. The summed E-state index contributed by atoms with van der Waals surface area (Å²) in [5.41, 5.74) is 2.40. The molecule has 0 saturated heterocycles. The Morgan fingerprint density at radius 3 is 2.44 bits per heavy atom. The molecule has 0 heterocycles. The van der Waals surface area contributed by atoms with Gasteiger partial charge in [0.2, 0.25) is 0 Å². The van der Waals surface area contributed by atoms with Gasteiger partial charge in [-0.3, -0.25) is 0 Å². The lowest BCUT2D eigenvalue weighted by molar-refractivity contribution is 0.00637. The Bertz CT molecular complexity index is 379. The summed E-state index contributed by atoms with van der Waals surface area (Å²) in [7, 11) is 0. The maximum Gasteiger partial charge on any atom is 0.0804 e. The molecule has 0 spiro atoms. The van der Waals surface area contributed by atoms with Crippen molar-refractivity contribution in [2.45, 2.75) is 58.2 Å². The molecule has 1 aromatic carbocycles. The van der Waals surface area contributed by atoms with Crippen LogP contribution in [0.1, 0.15) is 50.2 Å². The zero-order chi connectivity index (χ0) is 13.7. The summed E-state index contributed by atoms with van der Waals surface area (Å²) in [5.74, 6) is 0.248. The first-order valence-corrected chi connectivity index (χ1v) is 7.37. The normalized spacial score (nSPS) is 16.3. The number of rotatable bonds is 6. The number of aliphatic hydroxyl groups is 2. The van der Waals surface area contributed by atoms with Crippen molar-refractivity contribution in [1.29, 1.82) is 0 Å². The molecule has 2 N–H and O–H groups in total. The van der Waals surface area contributed by atoms with Gasteiger partial charge in [-0.25, -0.2) is 0 Å². The van der Waals surface area contributed by atoms with E-state index in [1.54, 1.807) is 0 Å². The number of hydrogen-bond donors (Lipinski definition) is 2. The van der Waals surface area contributed by atoms with Gasteiger partial charge in [0.15, 0.2) is 0 Å². The zero-order valence-electron chi connectivity index (χ0n) is 11.4. The van der Waals surface area contributed by atoms with E-state index >= 15 is 0 Å². The molecule has 18 heavy (non-hydrogen) atoms. The van der Waals surface area contributed by atoms with Crippen molar-refractivity contribution in [1.82, 2.24) is 0 Å². The van der Waals surface area contributed by atoms with Crippen LogP contribution in [-0.2, 0) is 0 Å². The number of hydrogen-bond acceptors (Lipinski definition) is 2. The fourth-order valence-electron chi connectivity index (χ4n) is 2.12. The highest BCUT2D eigenvalue weighted by molar-refractivity contribution is 9.10. The Balaban J connectivity index is 2.64. The monoisotopic (exact) mass is 314 g/mol. The summed E-state index contributed by atoms with van der Waals surface area (Å²) in [6.07, 6.45) is 0.914. The lowest BCUT2D eigenvalue weighted by Gasteiger charge is -2.21. The largest absolute Gasteiger partial charge is 0.390 e. The smallest absolute Gasteiger partial charge is 0.0804 e. The van der Waals surface area contributed by atoms with Crippen molar-refractivity contribution < 1.29 is 10.2 Å².